The molecule has 1 saturated heterocycles. The number of methoxy groups -OCH3 is 2. The number of nitrogens with two attached hydrogens (primary N) is 1. The number of benzene rings is 1. The first-order valence-electron chi connectivity index (χ1n) is 7.39. The van der Waals surface area contributed by atoms with E-state index in [4.69, 9.17) is 19.9 Å². The van der Waals surface area contributed by atoms with Crippen molar-refractivity contribution in [2.45, 2.75) is 19.4 Å². The lowest BCUT2D eigenvalue weighted by Crippen LogP contribution is -2.33. The summed E-state index contributed by atoms with van der Waals surface area (Å²) in [6.07, 6.45) is -1.03. The highest BCUT2D eigenvalue weighted by Gasteiger charge is 2.38. The zero-order valence-electron chi connectivity index (χ0n) is 13.8. The number of carbonyl (C=O) groups excluding carboxylic acids is 3. The summed E-state index contributed by atoms with van der Waals surface area (Å²) >= 11 is 0. The molecular weight excluding hydrogens is 316 g/mol. The predicted octanol–water partition coefficient (Wildman–Crippen LogP) is 0.474. The zero-order valence-corrected chi connectivity index (χ0v) is 13.8. The number of anilines is 1. The molecule has 1 aromatic carbocycles. The van der Waals surface area contributed by atoms with Crippen LogP contribution in [0.2, 0.25) is 0 Å². The number of primary amides is 1. The third-order valence-electron chi connectivity index (χ3n) is 3.83. The van der Waals surface area contributed by atoms with Gasteiger partial charge < -0.3 is 24.8 Å². The van der Waals surface area contributed by atoms with Crippen LogP contribution >= 0.6 is 0 Å². The topological polar surface area (TPSA) is 108 Å². The van der Waals surface area contributed by atoms with Crippen LogP contribution in [0.4, 0.5) is 5.69 Å². The number of nitrogens with zero attached hydrogens (tertiary/aromatic N) is 1. The van der Waals surface area contributed by atoms with Crippen LogP contribution in [-0.4, -0.2) is 44.7 Å². The first-order valence-corrected chi connectivity index (χ1v) is 7.39. The molecule has 8 heteroatoms. The first kappa shape index (κ1) is 17.6. The van der Waals surface area contributed by atoms with E-state index < -0.39 is 23.9 Å². The standard InChI is InChI=1S/C16H20N2O6/c1-9(15(17)20)24-16(21)10-6-14(19)18(8-10)12-5-4-11(22-2)7-13(12)23-3/h4-5,7,9-10H,6,8H2,1-3H3,(H2,17,20)/t9-,10+/m1/s1. The zero-order chi connectivity index (χ0) is 17.9. The Morgan fingerprint density at radius 1 is 1.29 bits per heavy atom. The van der Waals surface area contributed by atoms with Crippen molar-refractivity contribution in [3.8, 4) is 11.5 Å². The highest BCUT2D eigenvalue weighted by atomic mass is 16.5. The van der Waals surface area contributed by atoms with Crippen molar-refractivity contribution < 1.29 is 28.6 Å². The number of ether oxygens (including phenoxy) is 3. The monoisotopic (exact) mass is 336 g/mol. The highest BCUT2D eigenvalue weighted by Crippen LogP contribution is 2.36. The maximum atomic E-state index is 12.3. The second kappa shape index (κ2) is 7.20. The summed E-state index contributed by atoms with van der Waals surface area (Å²) in [5.41, 5.74) is 5.62. The first-order chi connectivity index (χ1) is 11.4. The summed E-state index contributed by atoms with van der Waals surface area (Å²) in [5.74, 6) is -1.19. The van der Waals surface area contributed by atoms with Gasteiger partial charge in [0.25, 0.3) is 5.91 Å². The smallest absolute Gasteiger partial charge is 0.312 e. The largest absolute Gasteiger partial charge is 0.497 e. The van der Waals surface area contributed by atoms with Gasteiger partial charge in [0.2, 0.25) is 5.91 Å². The number of carbonyl (C=O) groups is 3. The molecular formula is C16H20N2O6. The number of esters is 1. The van der Waals surface area contributed by atoms with E-state index in [0.717, 1.165) is 0 Å². The fourth-order valence-electron chi connectivity index (χ4n) is 2.43. The van der Waals surface area contributed by atoms with Gasteiger partial charge >= 0.3 is 5.97 Å². The Hall–Kier alpha value is -2.77. The molecule has 0 aromatic heterocycles. The summed E-state index contributed by atoms with van der Waals surface area (Å²) in [5, 5.41) is 0. The summed E-state index contributed by atoms with van der Waals surface area (Å²) in [6.45, 7) is 1.53. The Labute approximate surface area is 139 Å². The van der Waals surface area contributed by atoms with Crippen LogP contribution in [0.5, 0.6) is 11.5 Å². The van der Waals surface area contributed by atoms with Gasteiger partial charge in [0.05, 0.1) is 25.8 Å². The molecule has 8 nitrogen and oxygen atoms in total. The van der Waals surface area contributed by atoms with Crippen molar-refractivity contribution in [1.29, 1.82) is 0 Å². The summed E-state index contributed by atoms with van der Waals surface area (Å²) in [4.78, 5) is 36.8. The van der Waals surface area contributed by atoms with Gasteiger partial charge in [-0.15, -0.1) is 0 Å². The minimum absolute atomic E-state index is 0.000497. The number of rotatable bonds is 6. The molecule has 1 fully saturated rings. The molecule has 0 spiro atoms. The lowest BCUT2D eigenvalue weighted by atomic mass is 10.1. The lowest BCUT2D eigenvalue weighted by molar-refractivity contribution is -0.157. The Kier molecular flexibility index (Phi) is 5.28. The SMILES string of the molecule is COc1ccc(N2C[C@@H](C(=O)O[C@H](C)C(N)=O)CC2=O)c(OC)c1. The second-order valence-electron chi connectivity index (χ2n) is 5.42. The minimum atomic E-state index is -1.03. The van der Waals surface area contributed by atoms with Gasteiger partial charge in [-0.2, -0.15) is 0 Å². The number of amides is 2. The van der Waals surface area contributed by atoms with E-state index in [2.05, 4.69) is 0 Å². The third kappa shape index (κ3) is 3.58. The van der Waals surface area contributed by atoms with Crippen molar-refractivity contribution >= 4 is 23.5 Å². The van der Waals surface area contributed by atoms with Crippen LogP contribution in [0.3, 0.4) is 0 Å². The quantitative estimate of drug-likeness (QED) is 0.757. The van der Waals surface area contributed by atoms with Crippen molar-refractivity contribution in [1.82, 2.24) is 0 Å². The maximum Gasteiger partial charge on any atom is 0.312 e. The molecule has 0 radical (unpaired) electrons. The molecule has 1 heterocycles. The van der Waals surface area contributed by atoms with Gasteiger partial charge in [-0.25, -0.2) is 0 Å². The van der Waals surface area contributed by atoms with Crippen molar-refractivity contribution in [2.75, 3.05) is 25.7 Å². The van der Waals surface area contributed by atoms with Gasteiger partial charge in [0.1, 0.15) is 11.5 Å². The van der Waals surface area contributed by atoms with Crippen molar-refractivity contribution in [2.24, 2.45) is 11.7 Å². The van der Waals surface area contributed by atoms with Gasteiger partial charge in [0, 0.05) is 19.0 Å². The lowest BCUT2D eigenvalue weighted by Gasteiger charge is -2.20. The average Bonchev–Trinajstić information content (AvgIpc) is 2.95. The van der Waals surface area contributed by atoms with E-state index in [9.17, 15) is 14.4 Å². The summed E-state index contributed by atoms with van der Waals surface area (Å²) < 4.78 is 15.4. The Bertz CT molecular complexity index is 660. The van der Waals surface area contributed by atoms with Crippen LogP contribution in [-0.2, 0) is 19.1 Å². The van der Waals surface area contributed by atoms with Crippen LogP contribution in [0.25, 0.3) is 0 Å². The van der Waals surface area contributed by atoms with Gasteiger partial charge in [-0.05, 0) is 19.1 Å². The Morgan fingerprint density at radius 3 is 2.58 bits per heavy atom. The molecule has 24 heavy (non-hydrogen) atoms. The molecule has 0 bridgehead atoms. The van der Waals surface area contributed by atoms with Crippen LogP contribution in [0.15, 0.2) is 18.2 Å². The molecule has 1 aliphatic heterocycles. The van der Waals surface area contributed by atoms with Gasteiger partial charge in [-0.1, -0.05) is 0 Å². The number of hydrogen-bond donors (Lipinski definition) is 1. The predicted molar refractivity (Wildman–Crippen MR) is 84.8 cm³/mol. The number of hydrogen-bond acceptors (Lipinski definition) is 6. The van der Waals surface area contributed by atoms with E-state index >= 15 is 0 Å². The van der Waals surface area contributed by atoms with Crippen LogP contribution in [0, 0.1) is 5.92 Å². The molecule has 2 N–H and O–H groups in total. The molecule has 0 aliphatic carbocycles. The van der Waals surface area contributed by atoms with Crippen molar-refractivity contribution in [3.63, 3.8) is 0 Å². The Morgan fingerprint density at radius 2 is 2.00 bits per heavy atom. The molecule has 2 amide bonds. The molecule has 1 aromatic rings. The Balaban J connectivity index is 2.15. The van der Waals surface area contributed by atoms with Crippen LogP contribution < -0.4 is 20.1 Å². The van der Waals surface area contributed by atoms with Gasteiger partial charge in [0.15, 0.2) is 6.10 Å². The second-order valence-corrected chi connectivity index (χ2v) is 5.42. The van der Waals surface area contributed by atoms with E-state index in [1.165, 1.54) is 26.0 Å². The third-order valence-corrected chi connectivity index (χ3v) is 3.83. The summed E-state index contributed by atoms with van der Waals surface area (Å²) in [7, 11) is 3.01. The normalized spacial score (nSPS) is 18.2. The van der Waals surface area contributed by atoms with Crippen LogP contribution in [0.1, 0.15) is 13.3 Å². The maximum absolute atomic E-state index is 12.3. The average molecular weight is 336 g/mol. The van der Waals surface area contributed by atoms with E-state index in [0.29, 0.717) is 17.2 Å². The fraction of sp³-hybridized carbons (Fsp3) is 0.438. The summed E-state index contributed by atoms with van der Waals surface area (Å²) in [6, 6.07) is 5.05. The minimum Gasteiger partial charge on any atom is -0.497 e. The highest BCUT2D eigenvalue weighted by molar-refractivity contribution is 6.00. The fourth-order valence-corrected chi connectivity index (χ4v) is 2.43. The van der Waals surface area contributed by atoms with Gasteiger partial charge in [-0.3, -0.25) is 14.4 Å². The molecule has 0 unspecified atom stereocenters. The molecule has 0 saturated carbocycles. The van der Waals surface area contributed by atoms with E-state index in [1.54, 1.807) is 18.2 Å². The van der Waals surface area contributed by atoms with Crippen molar-refractivity contribution in [3.05, 3.63) is 18.2 Å². The molecule has 2 atom stereocenters. The van der Waals surface area contributed by atoms with E-state index in [-0.39, 0.29) is 18.9 Å². The van der Waals surface area contributed by atoms with E-state index in [1.807, 2.05) is 0 Å². The molecule has 2 rings (SSSR count). The molecule has 1 aliphatic rings. The molecule has 130 valence electrons.